The van der Waals surface area contributed by atoms with Gasteiger partial charge < -0.3 is 9.84 Å². The Bertz CT molecular complexity index is 288. The standard InChI is InChI=1S/C11H17NO2/c1-4-8(2)10(13)9-6-5-7-12-11(9)14-3/h5-8,10,13H,4H2,1-3H3. The van der Waals surface area contributed by atoms with Crippen LogP contribution in [-0.4, -0.2) is 17.2 Å². The van der Waals surface area contributed by atoms with Crippen LogP contribution in [0.1, 0.15) is 31.9 Å². The number of nitrogens with zero attached hydrogens (tertiary/aromatic N) is 1. The van der Waals surface area contributed by atoms with Gasteiger partial charge in [-0.25, -0.2) is 4.98 Å². The lowest BCUT2D eigenvalue weighted by Gasteiger charge is -2.18. The number of hydrogen-bond acceptors (Lipinski definition) is 3. The van der Waals surface area contributed by atoms with Crippen molar-refractivity contribution in [1.29, 1.82) is 0 Å². The fourth-order valence-electron chi connectivity index (χ4n) is 1.33. The molecule has 1 aromatic rings. The third kappa shape index (κ3) is 2.23. The summed E-state index contributed by atoms with van der Waals surface area (Å²) in [4.78, 5) is 4.05. The molecular formula is C11H17NO2. The third-order valence-electron chi connectivity index (χ3n) is 2.50. The molecule has 0 saturated carbocycles. The summed E-state index contributed by atoms with van der Waals surface area (Å²) in [6.07, 6.45) is 2.09. The van der Waals surface area contributed by atoms with E-state index in [9.17, 15) is 5.11 Å². The quantitative estimate of drug-likeness (QED) is 0.800. The second kappa shape index (κ2) is 4.96. The smallest absolute Gasteiger partial charge is 0.218 e. The molecule has 0 spiro atoms. The molecule has 0 saturated heterocycles. The number of aromatic nitrogens is 1. The average Bonchev–Trinajstić information content (AvgIpc) is 2.26. The van der Waals surface area contributed by atoms with Crippen molar-refractivity contribution in [3.05, 3.63) is 23.9 Å². The van der Waals surface area contributed by atoms with Crippen LogP contribution in [0.2, 0.25) is 0 Å². The lowest BCUT2D eigenvalue weighted by molar-refractivity contribution is 0.112. The molecule has 0 radical (unpaired) electrons. The predicted octanol–water partition coefficient (Wildman–Crippen LogP) is 2.17. The zero-order valence-corrected chi connectivity index (χ0v) is 8.90. The molecule has 2 atom stereocenters. The van der Waals surface area contributed by atoms with Crippen LogP contribution < -0.4 is 4.74 Å². The normalized spacial score (nSPS) is 14.9. The number of aliphatic hydroxyl groups is 1. The molecule has 1 N–H and O–H groups in total. The van der Waals surface area contributed by atoms with Gasteiger partial charge in [-0.05, 0) is 18.1 Å². The van der Waals surface area contributed by atoms with Gasteiger partial charge >= 0.3 is 0 Å². The van der Waals surface area contributed by atoms with Crippen LogP contribution in [0.3, 0.4) is 0 Å². The van der Waals surface area contributed by atoms with Gasteiger partial charge in [-0.2, -0.15) is 0 Å². The molecule has 0 aliphatic carbocycles. The van der Waals surface area contributed by atoms with Gasteiger partial charge in [-0.15, -0.1) is 0 Å². The highest BCUT2D eigenvalue weighted by atomic mass is 16.5. The highest BCUT2D eigenvalue weighted by Gasteiger charge is 2.18. The van der Waals surface area contributed by atoms with Gasteiger partial charge in [0.15, 0.2) is 0 Å². The molecule has 0 aromatic carbocycles. The molecule has 0 aliphatic heterocycles. The summed E-state index contributed by atoms with van der Waals surface area (Å²) < 4.78 is 5.09. The van der Waals surface area contributed by atoms with Crippen LogP contribution in [0.5, 0.6) is 5.88 Å². The van der Waals surface area contributed by atoms with Crippen molar-refractivity contribution >= 4 is 0 Å². The van der Waals surface area contributed by atoms with Gasteiger partial charge in [-0.1, -0.05) is 20.3 Å². The lowest BCUT2D eigenvalue weighted by atomic mass is 9.96. The van der Waals surface area contributed by atoms with Gasteiger partial charge in [0.25, 0.3) is 0 Å². The molecule has 1 heterocycles. The van der Waals surface area contributed by atoms with Crippen molar-refractivity contribution in [1.82, 2.24) is 4.98 Å². The van der Waals surface area contributed by atoms with E-state index in [0.717, 1.165) is 12.0 Å². The maximum Gasteiger partial charge on any atom is 0.218 e. The molecule has 1 aromatic heterocycles. The Morgan fingerprint density at radius 3 is 2.86 bits per heavy atom. The molecule has 0 fully saturated rings. The molecule has 14 heavy (non-hydrogen) atoms. The summed E-state index contributed by atoms with van der Waals surface area (Å²) in [5.41, 5.74) is 0.768. The molecule has 2 unspecified atom stereocenters. The van der Waals surface area contributed by atoms with Crippen LogP contribution in [-0.2, 0) is 0 Å². The van der Waals surface area contributed by atoms with Crippen LogP contribution >= 0.6 is 0 Å². The van der Waals surface area contributed by atoms with E-state index >= 15 is 0 Å². The SMILES string of the molecule is CCC(C)C(O)c1cccnc1OC. The van der Waals surface area contributed by atoms with Crippen LogP contribution in [0.4, 0.5) is 0 Å². The monoisotopic (exact) mass is 195 g/mol. The van der Waals surface area contributed by atoms with Gasteiger partial charge in [0.1, 0.15) is 0 Å². The number of methoxy groups -OCH3 is 1. The van der Waals surface area contributed by atoms with Gasteiger partial charge in [0.2, 0.25) is 5.88 Å². The van der Waals surface area contributed by atoms with E-state index < -0.39 is 6.10 Å². The third-order valence-corrected chi connectivity index (χ3v) is 2.50. The Hall–Kier alpha value is -1.09. The summed E-state index contributed by atoms with van der Waals surface area (Å²) >= 11 is 0. The Labute approximate surface area is 84.7 Å². The van der Waals surface area contributed by atoms with Crippen molar-refractivity contribution in [2.75, 3.05) is 7.11 Å². The minimum Gasteiger partial charge on any atom is -0.481 e. The molecule has 3 nitrogen and oxygen atoms in total. The number of aliphatic hydroxyl groups excluding tert-OH is 1. The number of pyridine rings is 1. The van der Waals surface area contributed by atoms with Crippen LogP contribution in [0.15, 0.2) is 18.3 Å². The maximum absolute atomic E-state index is 9.98. The van der Waals surface area contributed by atoms with E-state index in [-0.39, 0.29) is 5.92 Å². The van der Waals surface area contributed by atoms with Crippen molar-refractivity contribution in [3.8, 4) is 5.88 Å². The van der Waals surface area contributed by atoms with E-state index in [1.807, 2.05) is 19.1 Å². The Morgan fingerprint density at radius 2 is 2.29 bits per heavy atom. The van der Waals surface area contributed by atoms with Gasteiger partial charge in [-0.3, -0.25) is 0 Å². The van der Waals surface area contributed by atoms with E-state index in [1.165, 1.54) is 0 Å². The summed E-state index contributed by atoms with van der Waals surface area (Å²) in [6, 6.07) is 3.66. The maximum atomic E-state index is 9.98. The zero-order chi connectivity index (χ0) is 10.6. The minimum absolute atomic E-state index is 0.216. The van der Waals surface area contributed by atoms with E-state index in [2.05, 4.69) is 11.9 Å². The van der Waals surface area contributed by atoms with Crippen molar-refractivity contribution < 1.29 is 9.84 Å². The highest BCUT2D eigenvalue weighted by molar-refractivity contribution is 5.27. The summed E-state index contributed by atoms with van der Waals surface area (Å²) in [6.45, 7) is 4.06. The first kappa shape index (κ1) is 11.0. The summed E-state index contributed by atoms with van der Waals surface area (Å²) in [7, 11) is 1.56. The molecule has 0 bridgehead atoms. The second-order valence-corrected chi connectivity index (χ2v) is 3.43. The molecule has 3 heteroatoms. The first-order chi connectivity index (χ1) is 6.70. The van der Waals surface area contributed by atoms with Crippen molar-refractivity contribution in [3.63, 3.8) is 0 Å². The topological polar surface area (TPSA) is 42.4 Å². The average molecular weight is 195 g/mol. The van der Waals surface area contributed by atoms with Crippen molar-refractivity contribution in [2.24, 2.45) is 5.92 Å². The van der Waals surface area contributed by atoms with E-state index in [0.29, 0.717) is 5.88 Å². The Kier molecular flexibility index (Phi) is 3.89. The van der Waals surface area contributed by atoms with Crippen LogP contribution in [0, 0.1) is 5.92 Å². The molecule has 1 rings (SSSR count). The molecule has 0 aliphatic rings. The number of hydrogen-bond donors (Lipinski definition) is 1. The predicted molar refractivity (Wildman–Crippen MR) is 55.2 cm³/mol. The largest absolute Gasteiger partial charge is 0.481 e. The number of rotatable bonds is 4. The summed E-state index contributed by atoms with van der Waals surface area (Å²) in [5.74, 6) is 0.730. The first-order valence-corrected chi connectivity index (χ1v) is 4.87. The fourth-order valence-corrected chi connectivity index (χ4v) is 1.33. The van der Waals surface area contributed by atoms with Crippen molar-refractivity contribution in [2.45, 2.75) is 26.4 Å². The molecule has 0 amide bonds. The number of ether oxygens (including phenoxy) is 1. The Balaban J connectivity index is 2.93. The van der Waals surface area contributed by atoms with Gasteiger partial charge in [0.05, 0.1) is 13.2 Å². The van der Waals surface area contributed by atoms with Gasteiger partial charge in [0, 0.05) is 11.8 Å². The molecule has 78 valence electrons. The zero-order valence-electron chi connectivity index (χ0n) is 8.90. The second-order valence-electron chi connectivity index (χ2n) is 3.43. The van der Waals surface area contributed by atoms with E-state index in [1.54, 1.807) is 13.3 Å². The minimum atomic E-state index is -0.497. The fraction of sp³-hybridized carbons (Fsp3) is 0.545. The molecular weight excluding hydrogens is 178 g/mol. The summed E-state index contributed by atoms with van der Waals surface area (Å²) in [5, 5.41) is 9.98. The lowest BCUT2D eigenvalue weighted by Crippen LogP contribution is -2.10. The van der Waals surface area contributed by atoms with Crippen LogP contribution in [0.25, 0.3) is 0 Å². The first-order valence-electron chi connectivity index (χ1n) is 4.87. The van der Waals surface area contributed by atoms with E-state index in [4.69, 9.17) is 4.74 Å². The Morgan fingerprint density at radius 1 is 1.57 bits per heavy atom. The highest BCUT2D eigenvalue weighted by Crippen LogP contribution is 2.29.